The Morgan fingerprint density at radius 1 is 1.60 bits per heavy atom. The Morgan fingerprint density at radius 2 is 2.35 bits per heavy atom. The zero-order valence-electron chi connectivity index (χ0n) is 11.0. The highest BCUT2D eigenvalue weighted by molar-refractivity contribution is 5.99. The molecule has 1 aromatic carbocycles. The number of non-ortho nitro benzene ring substituents is 1. The van der Waals surface area contributed by atoms with Gasteiger partial charge in [-0.3, -0.25) is 14.9 Å². The fourth-order valence-corrected chi connectivity index (χ4v) is 2.20. The molecule has 1 aromatic rings. The van der Waals surface area contributed by atoms with Crippen LogP contribution < -0.4 is 10.6 Å². The molecule has 0 saturated carbocycles. The molecule has 1 unspecified atom stereocenters. The van der Waals surface area contributed by atoms with Crippen molar-refractivity contribution in [1.82, 2.24) is 5.32 Å². The predicted octanol–water partition coefficient (Wildman–Crippen LogP) is 1.55. The highest BCUT2D eigenvalue weighted by atomic mass is 16.6. The lowest BCUT2D eigenvalue weighted by Crippen LogP contribution is -2.48. The largest absolute Gasteiger partial charge is 0.323 e. The average Bonchev–Trinajstić information content (AvgIpc) is 2.87. The van der Waals surface area contributed by atoms with E-state index in [-0.39, 0.29) is 22.8 Å². The number of rotatable bonds is 3. The molecule has 2 rings (SSSR count). The molecule has 0 aromatic heterocycles. The minimum absolute atomic E-state index is 0.0779. The molecule has 20 heavy (non-hydrogen) atoms. The number of carbonyl (C=O) groups excluding carboxylic acids is 1. The number of nitrogens with zero attached hydrogens (tertiary/aromatic N) is 2. The summed E-state index contributed by atoms with van der Waals surface area (Å²) in [4.78, 5) is 22.3. The van der Waals surface area contributed by atoms with Gasteiger partial charge in [-0.05, 0) is 32.4 Å². The Balaban J connectivity index is 2.23. The van der Waals surface area contributed by atoms with Crippen LogP contribution >= 0.6 is 0 Å². The van der Waals surface area contributed by atoms with Crippen LogP contribution in [-0.2, 0) is 4.79 Å². The van der Waals surface area contributed by atoms with Crippen LogP contribution in [-0.4, -0.2) is 22.9 Å². The quantitative estimate of drug-likeness (QED) is 0.642. The third kappa shape index (κ3) is 2.60. The van der Waals surface area contributed by atoms with Crippen molar-refractivity contribution in [2.24, 2.45) is 0 Å². The first-order chi connectivity index (χ1) is 9.46. The van der Waals surface area contributed by atoms with Crippen LogP contribution in [0.1, 0.15) is 25.3 Å². The highest BCUT2D eigenvalue weighted by Gasteiger charge is 2.36. The number of amides is 1. The van der Waals surface area contributed by atoms with Gasteiger partial charge in [-0.2, -0.15) is 5.26 Å². The number of benzene rings is 1. The van der Waals surface area contributed by atoms with Crippen LogP contribution in [0.4, 0.5) is 11.4 Å². The Hall–Kier alpha value is -2.46. The summed E-state index contributed by atoms with van der Waals surface area (Å²) in [5.74, 6) is -0.236. The number of hydrogen-bond acceptors (Lipinski definition) is 5. The SMILES string of the molecule is CC1(C(=O)Nc2ccc([N+](=O)[O-])cc2C#N)CCCN1. The minimum atomic E-state index is -0.658. The first-order valence-corrected chi connectivity index (χ1v) is 6.21. The second-order valence-electron chi connectivity index (χ2n) is 4.92. The van der Waals surface area contributed by atoms with Crippen molar-refractivity contribution in [1.29, 1.82) is 5.26 Å². The zero-order valence-corrected chi connectivity index (χ0v) is 11.0. The van der Waals surface area contributed by atoms with Crippen LogP contribution in [0.2, 0.25) is 0 Å². The molecular formula is C13H14N4O3. The molecule has 7 nitrogen and oxygen atoms in total. The molecule has 1 heterocycles. The van der Waals surface area contributed by atoms with Crippen molar-refractivity contribution in [3.8, 4) is 6.07 Å². The lowest BCUT2D eigenvalue weighted by molar-refractivity contribution is -0.384. The fourth-order valence-electron chi connectivity index (χ4n) is 2.20. The van der Waals surface area contributed by atoms with Gasteiger partial charge >= 0.3 is 0 Å². The van der Waals surface area contributed by atoms with E-state index in [0.717, 1.165) is 19.0 Å². The van der Waals surface area contributed by atoms with E-state index in [2.05, 4.69) is 10.6 Å². The molecule has 0 spiro atoms. The molecule has 1 fully saturated rings. The monoisotopic (exact) mass is 274 g/mol. The molecule has 1 atom stereocenters. The van der Waals surface area contributed by atoms with E-state index in [4.69, 9.17) is 5.26 Å². The van der Waals surface area contributed by atoms with Gasteiger partial charge < -0.3 is 10.6 Å². The standard InChI is InChI=1S/C13H14N4O3/c1-13(5-2-6-15-13)12(18)16-11-4-3-10(17(19)20)7-9(11)8-14/h3-4,7,15H,2,5-6H2,1H3,(H,16,18). The minimum Gasteiger partial charge on any atom is -0.323 e. The smallest absolute Gasteiger partial charge is 0.270 e. The van der Waals surface area contributed by atoms with Gasteiger partial charge in [0.15, 0.2) is 0 Å². The first kappa shape index (κ1) is 14.0. The second kappa shape index (κ2) is 5.27. The predicted molar refractivity (Wildman–Crippen MR) is 72.1 cm³/mol. The molecular weight excluding hydrogens is 260 g/mol. The van der Waals surface area contributed by atoms with Crippen LogP contribution in [0.15, 0.2) is 18.2 Å². The van der Waals surface area contributed by atoms with Gasteiger partial charge in [0, 0.05) is 12.1 Å². The summed E-state index contributed by atoms with van der Waals surface area (Å²) >= 11 is 0. The first-order valence-electron chi connectivity index (χ1n) is 6.21. The summed E-state index contributed by atoms with van der Waals surface area (Å²) < 4.78 is 0. The molecule has 104 valence electrons. The van der Waals surface area contributed by atoms with Crippen LogP contribution in [0, 0.1) is 21.4 Å². The lowest BCUT2D eigenvalue weighted by Gasteiger charge is -2.23. The van der Waals surface area contributed by atoms with Gasteiger partial charge in [-0.15, -0.1) is 0 Å². The molecule has 7 heteroatoms. The molecule has 0 bridgehead atoms. The Morgan fingerprint density at radius 3 is 2.90 bits per heavy atom. The Labute approximate surface area is 115 Å². The molecule has 1 saturated heterocycles. The topological polar surface area (TPSA) is 108 Å². The van der Waals surface area contributed by atoms with Crippen molar-refractivity contribution in [3.63, 3.8) is 0 Å². The molecule has 0 aliphatic carbocycles. The second-order valence-corrected chi connectivity index (χ2v) is 4.92. The van der Waals surface area contributed by atoms with Gasteiger partial charge in [0.05, 0.1) is 21.7 Å². The molecule has 1 aliphatic rings. The number of carbonyl (C=O) groups is 1. The van der Waals surface area contributed by atoms with E-state index in [0.29, 0.717) is 6.42 Å². The fraction of sp³-hybridized carbons (Fsp3) is 0.385. The van der Waals surface area contributed by atoms with E-state index < -0.39 is 10.5 Å². The van der Waals surface area contributed by atoms with Crippen molar-refractivity contribution in [2.75, 3.05) is 11.9 Å². The highest BCUT2D eigenvalue weighted by Crippen LogP contribution is 2.25. The van der Waals surface area contributed by atoms with Crippen molar-refractivity contribution in [2.45, 2.75) is 25.3 Å². The number of anilines is 1. The number of hydrogen-bond donors (Lipinski definition) is 2. The van der Waals surface area contributed by atoms with Gasteiger partial charge in [0.2, 0.25) is 5.91 Å². The summed E-state index contributed by atoms with van der Waals surface area (Å²) in [6.45, 7) is 2.57. The van der Waals surface area contributed by atoms with Crippen molar-refractivity contribution in [3.05, 3.63) is 33.9 Å². The summed E-state index contributed by atoms with van der Waals surface area (Å²) in [7, 11) is 0. The zero-order chi connectivity index (χ0) is 14.8. The summed E-state index contributed by atoms with van der Waals surface area (Å²) in [5.41, 5.74) is -0.467. The Bertz CT molecular complexity index is 600. The maximum Gasteiger partial charge on any atom is 0.270 e. The maximum absolute atomic E-state index is 12.2. The molecule has 1 amide bonds. The summed E-state index contributed by atoms with van der Waals surface area (Å²) in [5, 5.41) is 25.5. The third-order valence-corrected chi connectivity index (χ3v) is 3.45. The number of nitriles is 1. The van der Waals surface area contributed by atoms with E-state index in [1.807, 2.05) is 6.07 Å². The summed E-state index contributed by atoms with van der Waals surface area (Å²) in [6, 6.07) is 5.66. The van der Waals surface area contributed by atoms with Gasteiger partial charge in [-0.25, -0.2) is 0 Å². The molecule has 1 aliphatic heterocycles. The normalized spacial score (nSPS) is 21.2. The maximum atomic E-state index is 12.2. The van der Waals surface area contributed by atoms with Crippen molar-refractivity contribution < 1.29 is 9.72 Å². The van der Waals surface area contributed by atoms with E-state index in [9.17, 15) is 14.9 Å². The van der Waals surface area contributed by atoms with E-state index >= 15 is 0 Å². The number of nitro groups is 1. The average molecular weight is 274 g/mol. The Kier molecular flexibility index (Phi) is 3.68. The van der Waals surface area contributed by atoms with Gasteiger partial charge in [0.25, 0.3) is 5.69 Å². The molecule has 0 radical (unpaired) electrons. The lowest BCUT2D eigenvalue weighted by atomic mass is 9.99. The van der Waals surface area contributed by atoms with Crippen LogP contribution in [0.25, 0.3) is 0 Å². The van der Waals surface area contributed by atoms with Gasteiger partial charge in [-0.1, -0.05) is 0 Å². The van der Waals surface area contributed by atoms with Gasteiger partial charge in [0.1, 0.15) is 6.07 Å². The summed E-state index contributed by atoms with van der Waals surface area (Å²) in [6.07, 6.45) is 1.63. The molecule has 2 N–H and O–H groups in total. The van der Waals surface area contributed by atoms with E-state index in [1.165, 1.54) is 12.1 Å². The van der Waals surface area contributed by atoms with Crippen LogP contribution in [0.5, 0.6) is 0 Å². The van der Waals surface area contributed by atoms with Crippen LogP contribution in [0.3, 0.4) is 0 Å². The number of nitro benzene ring substituents is 1. The van der Waals surface area contributed by atoms with Crippen molar-refractivity contribution >= 4 is 17.3 Å². The third-order valence-electron chi connectivity index (χ3n) is 3.45. The number of nitrogens with one attached hydrogen (secondary N) is 2. The van der Waals surface area contributed by atoms with E-state index in [1.54, 1.807) is 6.92 Å².